The molecule has 0 saturated carbocycles. The molecule has 0 fully saturated rings. The van der Waals surface area contributed by atoms with E-state index in [9.17, 15) is 13.7 Å². The highest BCUT2D eigenvalue weighted by atomic mass is 32.2. The minimum absolute atomic E-state index is 0.000365. The first-order valence-corrected chi connectivity index (χ1v) is 7.51. The van der Waals surface area contributed by atoms with Crippen molar-refractivity contribution in [2.45, 2.75) is 38.5 Å². The smallest absolute Gasteiger partial charge is 0.253 e. The summed E-state index contributed by atoms with van der Waals surface area (Å²) < 4.78 is 28.4. The molecule has 1 amide bonds. The molecular formula is C14H21FN2O2S. The molecule has 0 saturated heterocycles. The monoisotopic (exact) mass is 300 g/mol. The van der Waals surface area contributed by atoms with Crippen LogP contribution in [0, 0.1) is 5.82 Å². The quantitative estimate of drug-likeness (QED) is 0.839. The van der Waals surface area contributed by atoms with Gasteiger partial charge < -0.3 is 9.87 Å². The maximum Gasteiger partial charge on any atom is 0.253 e. The van der Waals surface area contributed by atoms with E-state index in [1.165, 1.54) is 19.2 Å². The maximum absolute atomic E-state index is 13.9. The Kier molecular flexibility index (Phi) is 5.56. The fourth-order valence-electron chi connectivity index (χ4n) is 1.52. The predicted molar refractivity (Wildman–Crippen MR) is 79.2 cm³/mol. The van der Waals surface area contributed by atoms with Crippen molar-refractivity contribution in [3.8, 4) is 0 Å². The normalized spacial score (nSPS) is 14.8. The van der Waals surface area contributed by atoms with Gasteiger partial charge in [-0.05, 0) is 45.4 Å². The summed E-state index contributed by atoms with van der Waals surface area (Å²) in [6.45, 7) is 7.38. The molecule has 1 aromatic rings. The molecule has 112 valence electrons. The summed E-state index contributed by atoms with van der Waals surface area (Å²) in [6, 6.07) is 4.11. The van der Waals surface area contributed by atoms with Crippen molar-refractivity contribution >= 4 is 17.3 Å². The fraction of sp³-hybridized carbons (Fsp3) is 0.500. The van der Waals surface area contributed by atoms with Crippen LogP contribution in [0.2, 0.25) is 0 Å². The van der Waals surface area contributed by atoms with Crippen LogP contribution in [0.15, 0.2) is 18.2 Å². The number of hydrogen-bond acceptors (Lipinski definition) is 3. The maximum atomic E-state index is 13.9. The summed E-state index contributed by atoms with van der Waals surface area (Å²) in [4.78, 5) is 11.4. The first-order valence-electron chi connectivity index (χ1n) is 6.36. The van der Waals surface area contributed by atoms with Crippen LogP contribution in [0.25, 0.3) is 0 Å². The van der Waals surface area contributed by atoms with Crippen LogP contribution >= 0.6 is 0 Å². The van der Waals surface area contributed by atoms with E-state index in [0.717, 1.165) is 0 Å². The van der Waals surface area contributed by atoms with Crippen molar-refractivity contribution in [3.05, 3.63) is 35.1 Å². The van der Waals surface area contributed by atoms with Gasteiger partial charge in [-0.25, -0.2) is 4.39 Å². The van der Waals surface area contributed by atoms with Crippen molar-refractivity contribution in [2.75, 3.05) is 7.05 Å². The topological polar surface area (TPSA) is 64.2 Å². The van der Waals surface area contributed by atoms with Gasteiger partial charge in [-0.15, -0.1) is 4.72 Å². The number of halogens is 1. The van der Waals surface area contributed by atoms with Gasteiger partial charge in [0, 0.05) is 18.4 Å². The first-order chi connectivity index (χ1) is 9.16. The van der Waals surface area contributed by atoms with E-state index in [4.69, 9.17) is 0 Å². The Hall–Kier alpha value is -1.11. The lowest BCUT2D eigenvalue weighted by Crippen LogP contribution is -2.40. The largest absolute Gasteiger partial charge is 0.598 e. The lowest BCUT2D eigenvalue weighted by Gasteiger charge is -2.26. The third-order valence-corrected chi connectivity index (χ3v) is 4.48. The lowest BCUT2D eigenvalue weighted by atomic mass is 10.1. The average molecular weight is 300 g/mol. The van der Waals surface area contributed by atoms with E-state index in [1.807, 2.05) is 20.8 Å². The average Bonchev–Trinajstić information content (AvgIpc) is 2.36. The highest BCUT2D eigenvalue weighted by Gasteiger charge is 2.28. The molecule has 1 rings (SSSR count). The Morgan fingerprint density at radius 3 is 2.45 bits per heavy atom. The van der Waals surface area contributed by atoms with E-state index in [-0.39, 0.29) is 11.6 Å². The van der Waals surface area contributed by atoms with Gasteiger partial charge in [0.05, 0.1) is 11.6 Å². The number of nitrogens with one attached hydrogen (secondary N) is 2. The molecule has 0 bridgehead atoms. The minimum Gasteiger partial charge on any atom is -0.598 e. The molecule has 4 nitrogen and oxygen atoms in total. The molecule has 0 unspecified atom stereocenters. The van der Waals surface area contributed by atoms with Gasteiger partial charge in [0.25, 0.3) is 5.91 Å². The molecule has 0 radical (unpaired) electrons. The number of hydrogen-bond donors (Lipinski definition) is 2. The molecule has 20 heavy (non-hydrogen) atoms. The Morgan fingerprint density at radius 2 is 2.00 bits per heavy atom. The summed E-state index contributed by atoms with van der Waals surface area (Å²) in [5, 5.41) is 2.38. The summed E-state index contributed by atoms with van der Waals surface area (Å²) in [6.07, 6.45) is 0. The van der Waals surface area contributed by atoms with Gasteiger partial charge >= 0.3 is 0 Å². The van der Waals surface area contributed by atoms with Crippen LogP contribution in [0.4, 0.5) is 4.39 Å². The second kappa shape index (κ2) is 6.56. The Balaban J connectivity index is 2.88. The van der Waals surface area contributed by atoms with E-state index in [2.05, 4.69) is 10.0 Å². The number of rotatable bonds is 4. The van der Waals surface area contributed by atoms with Crippen molar-refractivity contribution in [1.29, 1.82) is 0 Å². The number of carbonyl (C=O) groups is 1. The summed E-state index contributed by atoms with van der Waals surface area (Å²) in [5.74, 6) is -1.05. The molecular weight excluding hydrogens is 279 g/mol. The Morgan fingerprint density at radius 1 is 1.40 bits per heavy atom. The zero-order chi connectivity index (χ0) is 15.5. The molecule has 0 spiro atoms. The van der Waals surface area contributed by atoms with Gasteiger partial charge in [0.15, 0.2) is 0 Å². The lowest BCUT2D eigenvalue weighted by molar-refractivity contribution is 0.0959. The molecule has 6 heteroatoms. The molecule has 1 aromatic carbocycles. The van der Waals surface area contributed by atoms with Crippen molar-refractivity contribution in [2.24, 2.45) is 0 Å². The van der Waals surface area contributed by atoms with Crippen LogP contribution < -0.4 is 10.0 Å². The molecule has 0 heterocycles. The van der Waals surface area contributed by atoms with Gasteiger partial charge in [-0.1, -0.05) is 6.07 Å². The molecule has 0 aromatic heterocycles. The predicted octanol–water partition coefficient (Wildman–Crippen LogP) is 2.30. The zero-order valence-electron chi connectivity index (χ0n) is 12.4. The van der Waals surface area contributed by atoms with Crippen molar-refractivity contribution in [1.82, 2.24) is 10.0 Å². The summed E-state index contributed by atoms with van der Waals surface area (Å²) >= 11 is -1.24. The van der Waals surface area contributed by atoms with E-state index < -0.39 is 27.8 Å². The second-order valence-electron chi connectivity index (χ2n) is 5.54. The molecule has 0 aliphatic carbocycles. The van der Waals surface area contributed by atoms with Crippen molar-refractivity contribution < 1.29 is 13.7 Å². The Bertz CT molecular complexity index is 489. The fourth-order valence-corrected chi connectivity index (χ4v) is 2.34. The minimum atomic E-state index is -1.24. The van der Waals surface area contributed by atoms with Crippen LogP contribution in [0.5, 0.6) is 0 Å². The van der Waals surface area contributed by atoms with Gasteiger partial charge in [-0.2, -0.15) is 0 Å². The van der Waals surface area contributed by atoms with Crippen LogP contribution in [-0.2, 0) is 11.4 Å². The molecule has 2 N–H and O–H groups in total. The highest BCUT2D eigenvalue weighted by Crippen LogP contribution is 2.21. The van der Waals surface area contributed by atoms with E-state index >= 15 is 0 Å². The third-order valence-electron chi connectivity index (χ3n) is 2.80. The highest BCUT2D eigenvalue weighted by molar-refractivity contribution is 7.90. The van der Waals surface area contributed by atoms with Crippen LogP contribution in [-0.4, -0.2) is 22.3 Å². The standard InChI is InChI=1S/C14H21FN2O2S/c1-9(17-20(19)14(2,3)4)10-6-7-11(12(15)8-10)13(18)16-5/h6-9,17H,1-5H3,(H,16,18)/t9-,20-/m0/s1. The second-order valence-corrected chi connectivity index (χ2v) is 7.54. The number of carbonyl (C=O) groups excluding carboxylic acids is 1. The number of benzene rings is 1. The van der Waals surface area contributed by atoms with Gasteiger partial charge in [0.2, 0.25) is 0 Å². The molecule has 0 aliphatic heterocycles. The number of amides is 1. The SMILES string of the molecule is CNC(=O)c1ccc([C@H](C)N[S@@+]([O-])C(C)(C)C)cc1F. The van der Waals surface area contributed by atoms with Gasteiger partial charge in [0.1, 0.15) is 10.6 Å². The van der Waals surface area contributed by atoms with Crippen LogP contribution in [0.1, 0.15) is 49.7 Å². The van der Waals surface area contributed by atoms with Crippen LogP contribution in [0.3, 0.4) is 0 Å². The van der Waals surface area contributed by atoms with E-state index in [1.54, 1.807) is 13.0 Å². The molecule has 2 atom stereocenters. The Labute approximate surface area is 122 Å². The summed E-state index contributed by atoms with van der Waals surface area (Å²) in [5.41, 5.74) is 0.646. The van der Waals surface area contributed by atoms with Gasteiger partial charge in [-0.3, -0.25) is 4.79 Å². The third kappa shape index (κ3) is 4.19. The first kappa shape index (κ1) is 16.9. The van der Waals surface area contributed by atoms with Crippen molar-refractivity contribution in [3.63, 3.8) is 0 Å². The van der Waals surface area contributed by atoms with E-state index in [0.29, 0.717) is 5.56 Å². The molecule has 0 aliphatic rings. The summed E-state index contributed by atoms with van der Waals surface area (Å²) in [7, 11) is 1.45. The zero-order valence-corrected chi connectivity index (χ0v) is 13.2.